The van der Waals surface area contributed by atoms with Gasteiger partial charge in [0.1, 0.15) is 0 Å². The van der Waals surface area contributed by atoms with Gasteiger partial charge in [0.25, 0.3) is 0 Å². The van der Waals surface area contributed by atoms with E-state index >= 15 is 0 Å². The molecular weight excluding hydrogens is 345 g/mol. The number of amides is 2. The van der Waals surface area contributed by atoms with Crippen molar-refractivity contribution in [3.05, 3.63) is 58.3 Å². The lowest BCUT2D eigenvalue weighted by Crippen LogP contribution is -2.42. The van der Waals surface area contributed by atoms with Gasteiger partial charge in [-0.1, -0.05) is 29.3 Å². The van der Waals surface area contributed by atoms with Crippen molar-refractivity contribution in [2.75, 3.05) is 18.4 Å². The fraction of sp³-hybridized carbons (Fsp3) is 0.333. The molecular formula is C18H19Cl2N3O. The molecule has 3 rings (SSSR count). The molecule has 1 saturated heterocycles. The Morgan fingerprint density at radius 3 is 2.92 bits per heavy atom. The van der Waals surface area contributed by atoms with Crippen molar-refractivity contribution in [3.8, 4) is 0 Å². The number of hydrogen-bond donors (Lipinski definition) is 1. The largest absolute Gasteiger partial charge is 0.324 e. The number of nitrogens with one attached hydrogen (secondary N) is 1. The summed E-state index contributed by atoms with van der Waals surface area (Å²) in [7, 11) is 0. The predicted molar refractivity (Wildman–Crippen MR) is 97.7 cm³/mol. The van der Waals surface area contributed by atoms with E-state index in [-0.39, 0.29) is 6.03 Å². The highest BCUT2D eigenvalue weighted by atomic mass is 35.5. The van der Waals surface area contributed by atoms with Crippen molar-refractivity contribution in [1.29, 1.82) is 0 Å². The molecule has 0 aliphatic carbocycles. The third kappa shape index (κ3) is 4.40. The Labute approximate surface area is 151 Å². The first-order valence-electron chi connectivity index (χ1n) is 8.01. The van der Waals surface area contributed by atoms with Gasteiger partial charge in [-0.3, -0.25) is 4.98 Å². The molecule has 126 valence electrons. The number of urea groups is 1. The van der Waals surface area contributed by atoms with E-state index < -0.39 is 0 Å². The zero-order chi connectivity index (χ0) is 16.9. The van der Waals surface area contributed by atoms with Crippen LogP contribution in [0.1, 0.15) is 18.4 Å². The van der Waals surface area contributed by atoms with E-state index in [0.29, 0.717) is 21.7 Å². The Kier molecular flexibility index (Phi) is 5.59. The minimum Gasteiger partial charge on any atom is -0.324 e. The molecule has 2 amide bonds. The molecule has 0 radical (unpaired) electrons. The Bertz CT molecular complexity index is 709. The lowest BCUT2D eigenvalue weighted by atomic mass is 9.91. The number of piperidine rings is 1. The van der Waals surface area contributed by atoms with Crippen LogP contribution in [-0.2, 0) is 6.42 Å². The fourth-order valence-electron chi connectivity index (χ4n) is 3.06. The molecule has 1 fully saturated rings. The van der Waals surface area contributed by atoms with Gasteiger partial charge < -0.3 is 10.2 Å². The monoisotopic (exact) mass is 363 g/mol. The molecule has 2 heterocycles. The molecule has 0 spiro atoms. The summed E-state index contributed by atoms with van der Waals surface area (Å²) in [6.07, 6.45) is 6.34. The second-order valence-electron chi connectivity index (χ2n) is 6.08. The summed E-state index contributed by atoms with van der Waals surface area (Å²) in [6, 6.07) is 9.32. The van der Waals surface area contributed by atoms with Crippen LogP contribution >= 0.6 is 23.2 Å². The number of likely N-dealkylation sites (tertiary alicyclic amines) is 1. The smallest absolute Gasteiger partial charge is 0.321 e. The van der Waals surface area contributed by atoms with Gasteiger partial charge in [0.15, 0.2) is 0 Å². The maximum absolute atomic E-state index is 12.4. The SMILES string of the molecule is O=C(Nc1cccnc1)N1CCCC(Cc2ccc(Cl)c(Cl)c2)C1. The van der Waals surface area contributed by atoms with Crippen LogP contribution in [0.5, 0.6) is 0 Å². The Hall–Kier alpha value is -1.78. The van der Waals surface area contributed by atoms with Crippen molar-refractivity contribution >= 4 is 34.9 Å². The summed E-state index contributed by atoms with van der Waals surface area (Å²) in [5, 5.41) is 4.05. The molecule has 1 aliphatic heterocycles. The standard InChI is InChI=1S/C18H19Cl2N3O/c19-16-6-5-13(10-17(16)20)9-14-3-2-8-23(12-14)18(24)22-15-4-1-7-21-11-15/h1,4-7,10-11,14H,2-3,8-9,12H2,(H,22,24). The molecule has 0 bridgehead atoms. The molecule has 1 atom stereocenters. The third-order valence-electron chi connectivity index (χ3n) is 4.23. The van der Waals surface area contributed by atoms with E-state index in [2.05, 4.69) is 10.3 Å². The van der Waals surface area contributed by atoms with Crippen LogP contribution in [0, 0.1) is 5.92 Å². The van der Waals surface area contributed by atoms with Gasteiger partial charge in [-0.25, -0.2) is 4.79 Å². The summed E-state index contributed by atoms with van der Waals surface area (Å²) in [6.45, 7) is 1.52. The normalized spacial score (nSPS) is 17.6. The number of benzene rings is 1. The number of anilines is 1. The van der Waals surface area contributed by atoms with E-state index in [4.69, 9.17) is 23.2 Å². The highest BCUT2D eigenvalue weighted by molar-refractivity contribution is 6.42. The average Bonchev–Trinajstić information content (AvgIpc) is 2.59. The Morgan fingerprint density at radius 2 is 2.17 bits per heavy atom. The van der Waals surface area contributed by atoms with Gasteiger partial charge >= 0.3 is 6.03 Å². The average molecular weight is 364 g/mol. The van der Waals surface area contributed by atoms with Gasteiger partial charge in [0.2, 0.25) is 0 Å². The lowest BCUT2D eigenvalue weighted by Gasteiger charge is -2.33. The fourth-order valence-corrected chi connectivity index (χ4v) is 3.38. The molecule has 1 aromatic carbocycles. The summed E-state index contributed by atoms with van der Waals surface area (Å²) < 4.78 is 0. The number of aromatic nitrogens is 1. The summed E-state index contributed by atoms with van der Waals surface area (Å²) in [5.41, 5.74) is 1.87. The first-order chi connectivity index (χ1) is 11.6. The van der Waals surface area contributed by atoms with E-state index in [1.807, 2.05) is 29.2 Å². The molecule has 1 unspecified atom stereocenters. The molecule has 0 saturated carbocycles. The molecule has 24 heavy (non-hydrogen) atoms. The van der Waals surface area contributed by atoms with E-state index in [1.165, 1.54) is 0 Å². The van der Waals surface area contributed by atoms with Gasteiger partial charge in [0, 0.05) is 19.3 Å². The second kappa shape index (κ2) is 7.86. The van der Waals surface area contributed by atoms with Crippen LogP contribution < -0.4 is 5.32 Å². The lowest BCUT2D eigenvalue weighted by molar-refractivity contribution is 0.177. The Balaban J connectivity index is 1.59. The number of carbonyl (C=O) groups excluding carboxylic acids is 1. The summed E-state index contributed by atoms with van der Waals surface area (Å²) in [4.78, 5) is 18.3. The van der Waals surface area contributed by atoms with Crippen molar-refractivity contribution in [1.82, 2.24) is 9.88 Å². The molecule has 1 aliphatic rings. The van der Waals surface area contributed by atoms with Gasteiger partial charge in [0.05, 0.1) is 21.9 Å². The van der Waals surface area contributed by atoms with E-state index in [0.717, 1.165) is 37.9 Å². The zero-order valence-electron chi connectivity index (χ0n) is 13.2. The van der Waals surface area contributed by atoms with Crippen LogP contribution in [-0.4, -0.2) is 29.0 Å². The highest BCUT2D eigenvalue weighted by Gasteiger charge is 2.24. The minimum absolute atomic E-state index is 0.0677. The van der Waals surface area contributed by atoms with Crippen LogP contribution in [0.2, 0.25) is 10.0 Å². The first-order valence-corrected chi connectivity index (χ1v) is 8.77. The summed E-state index contributed by atoms with van der Waals surface area (Å²) in [5.74, 6) is 0.427. The van der Waals surface area contributed by atoms with Crippen LogP contribution in [0.3, 0.4) is 0 Å². The van der Waals surface area contributed by atoms with E-state index in [1.54, 1.807) is 18.5 Å². The summed E-state index contributed by atoms with van der Waals surface area (Å²) >= 11 is 12.1. The van der Waals surface area contributed by atoms with Crippen molar-refractivity contribution in [2.45, 2.75) is 19.3 Å². The van der Waals surface area contributed by atoms with Crippen LogP contribution in [0.25, 0.3) is 0 Å². The number of pyridine rings is 1. The molecule has 6 heteroatoms. The molecule has 2 aromatic rings. The first kappa shape index (κ1) is 17.1. The van der Waals surface area contributed by atoms with Crippen molar-refractivity contribution < 1.29 is 4.79 Å². The molecule has 1 aromatic heterocycles. The maximum Gasteiger partial charge on any atom is 0.321 e. The Morgan fingerprint density at radius 1 is 1.29 bits per heavy atom. The van der Waals surface area contributed by atoms with Crippen molar-refractivity contribution in [3.63, 3.8) is 0 Å². The van der Waals surface area contributed by atoms with E-state index in [9.17, 15) is 4.79 Å². The number of hydrogen-bond acceptors (Lipinski definition) is 2. The van der Waals surface area contributed by atoms with Crippen LogP contribution in [0.15, 0.2) is 42.7 Å². The topological polar surface area (TPSA) is 45.2 Å². The van der Waals surface area contributed by atoms with Crippen molar-refractivity contribution in [2.24, 2.45) is 5.92 Å². The van der Waals surface area contributed by atoms with Gasteiger partial charge in [-0.05, 0) is 55.0 Å². The maximum atomic E-state index is 12.4. The second-order valence-corrected chi connectivity index (χ2v) is 6.89. The third-order valence-corrected chi connectivity index (χ3v) is 4.97. The predicted octanol–water partition coefficient (Wildman–Crippen LogP) is 4.88. The van der Waals surface area contributed by atoms with Gasteiger partial charge in [-0.2, -0.15) is 0 Å². The number of halogens is 2. The minimum atomic E-state index is -0.0677. The highest BCUT2D eigenvalue weighted by Crippen LogP contribution is 2.26. The molecule has 1 N–H and O–H groups in total. The van der Waals surface area contributed by atoms with Gasteiger partial charge in [-0.15, -0.1) is 0 Å². The number of rotatable bonds is 3. The molecule has 4 nitrogen and oxygen atoms in total. The number of carbonyl (C=O) groups is 1. The number of nitrogens with zero attached hydrogens (tertiary/aromatic N) is 2. The quantitative estimate of drug-likeness (QED) is 0.844. The van der Waals surface area contributed by atoms with Crippen LogP contribution in [0.4, 0.5) is 10.5 Å². The zero-order valence-corrected chi connectivity index (χ0v) is 14.7.